The highest BCUT2D eigenvalue weighted by Crippen LogP contribution is 2.29. The van der Waals surface area contributed by atoms with E-state index in [9.17, 15) is 5.11 Å². The normalized spacial score (nSPS) is 28.7. The van der Waals surface area contributed by atoms with Crippen molar-refractivity contribution >= 4 is 0 Å². The van der Waals surface area contributed by atoms with Gasteiger partial charge in [-0.15, -0.1) is 0 Å². The summed E-state index contributed by atoms with van der Waals surface area (Å²) in [5.74, 6) is 0.914. The van der Waals surface area contributed by atoms with Crippen molar-refractivity contribution in [3.8, 4) is 0 Å². The van der Waals surface area contributed by atoms with Crippen LogP contribution in [0.25, 0.3) is 0 Å². The number of aliphatic hydroxyl groups is 1. The Bertz CT molecular complexity index is 161. The fourth-order valence-electron chi connectivity index (χ4n) is 3.12. The molecule has 0 aromatic heterocycles. The number of ether oxygens (including phenoxy) is 1. The minimum absolute atomic E-state index is 0.0789. The van der Waals surface area contributed by atoms with E-state index < -0.39 is 0 Å². The van der Waals surface area contributed by atoms with Crippen molar-refractivity contribution in [2.75, 3.05) is 6.61 Å². The molecule has 0 amide bonds. The molecule has 2 fully saturated rings. The lowest BCUT2D eigenvalue weighted by Gasteiger charge is -2.15. The van der Waals surface area contributed by atoms with Gasteiger partial charge in [0.15, 0.2) is 0 Å². The van der Waals surface area contributed by atoms with Crippen LogP contribution in [0.15, 0.2) is 0 Å². The van der Waals surface area contributed by atoms with Crippen LogP contribution in [-0.2, 0) is 4.74 Å². The monoisotopic (exact) mass is 226 g/mol. The molecule has 1 N–H and O–H groups in total. The number of aliphatic hydroxyl groups excluding tert-OH is 1. The third kappa shape index (κ3) is 4.06. The van der Waals surface area contributed by atoms with Gasteiger partial charge in [0.2, 0.25) is 0 Å². The van der Waals surface area contributed by atoms with Crippen LogP contribution in [0.4, 0.5) is 0 Å². The van der Waals surface area contributed by atoms with Crippen LogP contribution in [0.5, 0.6) is 0 Å². The van der Waals surface area contributed by atoms with Crippen molar-refractivity contribution in [1.82, 2.24) is 0 Å². The lowest BCUT2D eigenvalue weighted by Crippen LogP contribution is -2.13. The summed E-state index contributed by atoms with van der Waals surface area (Å²) in [6.07, 6.45) is 12.7. The highest BCUT2D eigenvalue weighted by atomic mass is 16.5. The van der Waals surface area contributed by atoms with E-state index in [-0.39, 0.29) is 6.10 Å². The van der Waals surface area contributed by atoms with Crippen molar-refractivity contribution in [1.29, 1.82) is 0 Å². The Morgan fingerprint density at radius 1 is 1.00 bits per heavy atom. The standard InChI is InChI=1S/C14H26O2/c15-13(8-7-12-4-1-2-5-12)9-10-14-6-3-11-16-14/h12-15H,1-11H2. The molecule has 2 nitrogen and oxygen atoms in total. The van der Waals surface area contributed by atoms with Crippen molar-refractivity contribution < 1.29 is 9.84 Å². The number of rotatable bonds is 6. The summed E-state index contributed by atoms with van der Waals surface area (Å²) in [5.41, 5.74) is 0. The topological polar surface area (TPSA) is 29.5 Å². The van der Waals surface area contributed by atoms with Crippen LogP contribution in [0.3, 0.4) is 0 Å². The van der Waals surface area contributed by atoms with Gasteiger partial charge in [0.1, 0.15) is 0 Å². The van der Waals surface area contributed by atoms with Crippen LogP contribution in [0.2, 0.25) is 0 Å². The predicted octanol–water partition coefficient (Wildman–Crippen LogP) is 3.28. The third-order valence-corrected chi connectivity index (χ3v) is 4.23. The van der Waals surface area contributed by atoms with Crippen LogP contribution >= 0.6 is 0 Å². The molecular formula is C14H26O2. The molecule has 1 heterocycles. The Hall–Kier alpha value is -0.0800. The smallest absolute Gasteiger partial charge is 0.0577 e. The molecule has 16 heavy (non-hydrogen) atoms. The van der Waals surface area contributed by atoms with E-state index in [1.165, 1.54) is 44.9 Å². The molecule has 0 radical (unpaired) electrons. The second kappa shape index (κ2) is 6.61. The molecule has 2 atom stereocenters. The Kier molecular flexibility index (Phi) is 5.11. The summed E-state index contributed by atoms with van der Waals surface area (Å²) in [5, 5.41) is 9.91. The van der Waals surface area contributed by atoms with E-state index in [0.717, 1.165) is 31.8 Å². The van der Waals surface area contributed by atoms with E-state index >= 15 is 0 Å². The molecule has 0 spiro atoms. The van der Waals surface area contributed by atoms with Crippen molar-refractivity contribution in [2.45, 2.75) is 76.4 Å². The van der Waals surface area contributed by atoms with Crippen LogP contribution in [0.1, 0.15) is 64.2 Å². The summed E-state index contributed by atoms with van der Waals surface area (Å²) in [4.78, 5) is 0. The highest BCUT2D eigenvalue weighted by molar-refractivity contribution is 4.71. The molecule has 2 heteroatoms. The van der Waals surface area contributed by atoms with E-state index in [1.807, 2.05) is 0 Å². The molecule has 1 aliphatic heterocycles. The molecule has 0 aromatic carbocycles. The zero-order chi connectivity index (χ0) is 11.2. The molecule has 0 aromatic rings. The fourth-order valence-corrected chi connectivity index (χ4v) is 3.12. The lowest BCUT2D eigenvalue weighted by molar-refractivity contribution is 0.0770. The first-order valence-electron chi connectivity index (χ1n) is 7.14. The summed E-state index contributed by atoms with van der Waals surface area (Å²) in [6.45, 7) is 0.933. The summed E-state index contributed by atoms with van der Waals surface area (Å²) in [7, 11) is 0. The molecule has 0 bridgehead atoms. The van der Waals surface area contributed by atoms with Gasteiger partial charge in [-0.25, -0.2) is 0 Å². The van der Waals surface area contributed by atoms with Crippen LogP contribution < -0.4 is 0 Å². The maximum absolute atomic E-state index is 9.91. The predicted molar refractivity (Wildman–Crippen MR) is 65.4 cm³/mol. The summed E-state index contributed by atoms with van der Waals surface area (Å²) < 4.78 is 5.57. The lowest BCUT2D eigenvalue weighted by atomic mass is 9.97. The van der Waals surface area contributed by atoms with Gasteiger partial charge in [-0.2, -0.15) is 0 Å². The zero-order valence-corrected chi connectivity index (χ0v) is 10.4. The summed E-state index contributed by atoms with van der Waals surface area (Å²) in [6, 6.07) is 0. The van der Waals surface area contributed by atoms with Gasteiger partial charge in [-0.1, -0.05) is 25.7 Å². The molecule has 2 rings (SSSR count). The van der Waals surface area contributed by atoms with Crippen molar-refractivity contribution in [2.24, 2.45) is 5.92 Å². The third-order valence-electron chi connectivity index (χ3n) is 4.23. The van der Waals surface area contributed by atoms with E-state index in [1.54, 1.807) is 0 Å². The minimum Gasteiger partial charge on any atom is -0.393 e. The second-order valence-corrected chi connectivity index (χ2v) is 5.59. The highest BCUT2D eigenvalue weighted by Gasteiger charge is 2.19. The van der Waals surface area contributed by atoms with Crippen LogP contribution in [-0.4, -0.2) is 23.9 Å². The molecule has 2 unspecified atom stereocenters. The zero-order valence-electron chi connectivity index (χ0n) is 10.4. The average molecular weight is 226 g/mol. The number of hydrogen-bond donors (Lipinski definition) is 1. The molecular weight excluding hydrogens is 200 g/mol. The van der Waals surface area contributed by atoms with Gasteiger partial charge < -0.3 is 9.84 Å². The van der Waals surface area contributed by atoms with Crippen molar-refractivity contribution in [3.05, 3.63) is 0 Å². The van der Waals surface area contributed by atoms with Gasteiger partial charge in [0.05, 0.1) is 12.2 Å². The van der Waals surface area contributed by atoms with Gasteiger partial charge in [-0.05, 0) is 44.4 Å². The summed E-state index contributed by atoms with van der Waals surface area (Å²) >= 11 is 0. The molecule has 1 saturated carbocycles. The molecule has 1 aliphatic carbocycles. The fraction of sp³-hybridized carbons (Fsp3) is 1.00. The molecule has 2 aliphatic rings. The van der Waals surface area contributed by atoms with Gasteiger partial charge in [-0.3, -0.25) is 0 Å². The van der Waals surface area contributed by atoms with Crippen LogP contribution in [0, 0.1) is 5.92 Å². The average Bonchev–Trinajstić information content (AvgIpc) is 2.96. The maximum atomic E-state index is 9.91. The Balaban J connectivity index is 1.51. The van der Waals surface area contributed by atoms with E-state index in [2.05, 4.69) is 0 Å². The SMILES string of the molecule is OC(CCC1CCCC1)CCC1CCCO1. The maximum Gasteiger partial charge on any atom is 0.0577 e. The Morgan fingerprint density at radius 3 is 2.44 bits per heavy atom. The van der Waals surface area contributed by atoms with Crippen molar-refractivity contribution in [3.63, 3.8) is 0 Å². The Labute approximate surface area is 99.4 Å². The van der Waals surface area contributed by atoms with Gasteiger partial charge >= 0.3 is 0 Å². The second-order valence-electron chi connectivity index (χ2n) is 5.59. The first-order valence-corrected chi connectivity index (χ1v) is 7.14. The molecule has 1 saturated heterocycles. The van der Waals surface area contributed by atoms with E-state index in [0.29, 0.717) is 6.10 Å². The van der Waals surface area contributed by atoms with Gasteiger partial charge in [0, 0.05) is 6.61 Å². The quantitative estimate of drug-likeness (QED) is 0.753. The largest absolute Gasteiger partial charge is 0.393 e. The first kappa shape index (κ1) is 12.4. The number of hydrogen-bond acceptors (Lipinski definition) is 2. The molecule has 94 valence electrons. The van der Waals surface area contributed by atoms with Gasteiger partial charge in [0.25, 0.3) is 0 Å². The van der Waals surface area contributed by atoms with E-state index in [4.69, 9.17) is 4.74 Å². The first-order chi connectivity index (χ1) is 7.84. The Morgan fingerprint density at radius 2 is 1.75 bits per heavy atom. The minimum atomic E-state index is -0.0789.